The van der Waals surface area contributed by atoms with Crippen LogP contribution in [0.3, 0.4) is 0 Å². The van der Waals surface area contributed by atoms with Gasteiger partial charge in [-0.25, -0.2) is 0 Å². The van der Waals surface area contributed by atoms with Crippen LogP contribution < -0.4 is 0 Å². The zero-order chi connectivity index (χ0) is 13.0. The predicted octanol–water partition coefficient (Wildman–Crippen LogP) is 2.22. The Kier molecular flexibility index (Phi) is 3.76. The van der Waals surface area contributed by atoms with Crippen LogP contribution in [0.2, 0.25) is 0 Å². The molecule has 0 bridgehead atoms. The molecule has 0 amide bonds. The van der Waals surface area contributed by atoms with Gasteiger partial charge in [-0.05, 0) is 31.4 Å². The summed E-state index contributed by atoms with van der Waals surface area (Å²) in [6.45, 7) is 1.72. The fraction of sp³-hybridized carbons (Fsp3) is 0.417. The lowest BCUT2D eigenvalue weighted by atomic mass is 10.1. The summed E-state index contributed by atoms with van der Waals surface area (Å²) in [5.74, 6) is 0.490. The molecule has 96 valence electrons. The van der Waals surface area contributed by atoms with Crippen LogP contribution in [0.1, 0.15) is 24.8 Å². The van der Waals surface area contributed by atoms with Gasteiger partial charge in [-0.3, -0.25) is 10.1 Å². The highest BCUT2D eigenvalue weighted by Gasteiger charge is 2.17. The number of rotatable bonds is 2. The molecule has 1 heterocycles. The molecule has 0 saturated carbocycles. The number of nitro groups is 1. The topological polar surface area (TPSA) is 79.0 Å². The van der Waals surface area contributed by atoms with Crippen molar-refractivity contribution in [3.63, 3.8) is 0 Å². The fourth-order valence-corrected chi connectivity index (χ4v) is 2.14. The van der Waals surface area contributed by atoms with Gasteiger partial charge in [0, 0.05) is 30.8 Å². The number of piperidine rings is 1. The Hall–Kier alpha value is -2.11. The monoisotopic (exact) mass is 249 g/mol. The molecule has 1 aromatic rings. The Labute approximate surface area is 105 Å². The molecule has 2 rings (SSSR count). The van der Waals surface area contributed by atoms with Gasteiger partial charge in [0.25, 0.3) is 5.69 Å². The van der Waals surface area contributed by atoms with Crippen LogP contribution in [0.4, 0.5) is 5.69 Å². The van der Waals surface area contributed by atoms with Crippen molar-refractivity contribution >= 4 is 11.5 Å². The summed E-state index contributed by atoms with van der Waals surface area (Å²) in [5.41, 5.74) is 0.736. The quantitative estimate of drug-likeness (QED) is 0.286. The van der Waals surface area contributed by atoms with Crippen molar-refractivity contribution in [1.29, 1.82) is 0 Å². The van der Waals surface area contributed by atoms with E-state index in [0.717, 1.165) is 25.9 Å². The first kappa shape index (κ1) is 12.3. The van der Waals surface area contributed by atoms with E-state index < -0.39 is 4.92 Å². The van der Waals surface area contributed by atoms with Crippen LogP contribution in [0, 0.1) is 10.1 Å². The van der Waals surface area contributed by atoms with E-state index >= 15 is 0 Å². The molecule has 0 unspecified atom stereocenters. The lowest BCUT2D eigenvalue weighted by Crippen LogP contribution is -2.36. The minimum atomic E-state index is -0.444. The summed E-state index contributed by atoms with van der Waals surface area (Å²) in [6.07, 6.45) is 3.34. The van der Waals surface area contributed by atoms with Crippen molar-refractivity contribution in [2.75, 3.05) is 13.1 Å². The number of amidine groups is 1. The van der Waals surface area contributed by atoms with Crippen molar-refractivity contribution in [2.45, 2.75) is 19.3 Å². The van der Waals surface area contributed by atoms with E-state index in [4.69, 9.17) is 5.21 Å². The first-order valence-electron chi connectivity index (χ1n) is 5.94. The average molecular weight is 249 g/mol. The number of non-ortho nitro benzene ring substituents is 1. The zero-order valence-corrected chi connectivity index (χ0v) is 9.95. The van der Waals surface area contributed by atoms with Gasteiger partial charge in [0.05, 0.1) is 4.92 Å². The van der Waals surface area contributed by atoms with E-state index in [-0.39, 0.29) is 5.69 Å². The third-order valence-corrected chi connectivity index (χ3v) is 3.09. The van der Waals surface area contributed by atoms with Crippen LogP contribution in [-0.2, 0) is 0 Å². The molecule has 1 fully saturated rings. The molecule has 0 atom stereocenters. The number of hydrogen-bond donors (Lipinski definition) is 1. The summed E-state index contributed by atoms with van der Waals surface area (Å²) in [6, 6.07) is 6.07. The first-order valence-corrected chi connectivity index (χ1v) is 5.94. The number of hydrogen-bond acceptors (Lipinski definition) is 4. The van der Waals surface area contributed by atoms with Gasteiger partial charge in [-0.15, -0.1) is 0 Å². The largest absolute Gasteiger partial charge is 0.409 e. The summed E-state index contributed by atoms with van der Waals surface area (Å²) in [5, 5.41) is 23.0. The molecule has 0 aromatic heterocycles. The van der Waals surface area contributed by atoms with Gasteiger partial charge < -0.3 is 10.1 Å². The Morgan fingerprint density at radius 3 is 2.33 bits per heavy atom. The second kappa shape index (κ2) is 5.48. The number of nitro benzene ring substituents is 1. The zero-order valence-electron chi connectivity index (χ0n) is 9.95. The van der Waals surface area contributed by atoms with Crippen LogP contribution >= 0.6 is 0 Å². The van der Waals surface area contributed by atoms with Crippen LogP contribution in [0.15, 0.2) is 29.4 Å². The minimum absolute atomic E-state index is 0.0367. The lowest BCUT2D eigenvalue weighted by molar-refractivity contribution is -0.384. The van der Waals surface area contributed by atoms with Crippen molar-refractivity contribution < 1.29 is 10.1 Å². The standard InChI is InChI=1S/C12H15N3O3/c16-13-12(14-8-2-1-3-9-14)10-4-6-11(7-5-10)15(17)18/h4-7,16H,1-3,8-9H2/b13-12+. The fourth-order valence-electron chi connectivity index (χ4n) is 2.14. The molecule has 0 spiro atoms. The molecule has 0 aliphatic carbocycles. The van der Waals surface area contributed by atoms with E-state index in [0.29, 0.717) is 11.4 Å². The maximum absolute atomic E-state index is 10.6. The smallest absolute Gasteiger partial charge is 0.269 e. The van der Waals surface area contributed by atoms with Crippen molar-refractivity contribution in [2.24, 2.45) is 5.16 Å². The first-order chi connectivity index (χ1) is 8.72. The second-order valence-corrected chi connectivity index (χ2v) is 4.28. The highest BCUT2D eigenvalue weighted by atomic mass is 16.6. The summed E-state index contributed by atoms with van der Waals surface area (Å²) in [4.78, 5) is 12.1. The van der Waals surface area contributed by atoms with E-state index in [1.54, 1.807) is 12.1 Å². The van der Waals surface area contributed by atoms with Gasteiger partial charge in [0.15, 0.2) is 5.84 Å². The third kappa shape index (κ3) is 2.58. The van der Waals surface area contributed by atoms with Gasteiger partial charge in [-0.1, -0.05) is 5.16 Å². The molecule has 18 heavy (non-hydrogen) atoms. The molecule has 1 aliphatic rings. The van der Waals surface area contributed by atoms with Crippen LogP contribution in [0.25, 0.3) is 0 Å². The number of nitrogens with zero attached hydrogens (tertiary/aromatic N) is 3. The Morgan fingerprint density at radius 2 is 1.83 bits per heavy atom. The van der Waals surface area contributed by atoms with Gasteiger partial charge >= 0.3 is 0 Å². The molecule has 1 aromatic carbocycles. The number of benzene rings is 1. The van der Waals surface area contributed by atoms with Gasteiger partial charge in [0.2, 0.25) is 0 Å². The van der Waals surface area contributed by atoms with Crippen LogP contribution in [0.5, 0.6) is 0 Å². The normalized spacial score (nSPS) is 16.7. The van der Waals surface area contributed by atoms with Crippen molar-refractivity contribution in [1.82, 2.24) is 4.90 Å². The Morgan fingerprint density at radius 1 is 1.22 bits per heavy atom. The maximum Gasteiger partial charge on any atom is 0.269 e. The maximum atomic E-state index is 10.6. The van der Waals surface area contributed by atoms with Gasteiger partial charge in [-0.2, -0.15) is 0 Å². The molecule has 6 heteroatoms. The number of oxime groups is 1. The van der Waals surface area contributed by atoms with Crippen molar-refractivity contribution in [3.8, 4) is 0 Å². The Balaban J connectivity index is 2.19. The molecular formula is C12H15N3O3. The predicted molar refractivity (Wildman–Crippen MR) is 66.8 cm³/mol. The molecule has 6 nitrogen and oxygen atoms in total. The molecule has 1 saturated heterocycles. The van der Waals surface area contributed by atoms with E-state index in [1.165, 1.54) is 18.6 Å². The molecule has 0 radical (unpaired) electrons. The minimum Gasteiger partial charge on any atom is -0.409 e. The second-order valence-electron chi connectivity index (χ2n) is 4.28. The van der Waals surface area contributed by atoms with E-state index in [9.17, 15) is 10.1 Å². The summed E-state index contributed by atoms with van der Waals surface area (Å²) < 4.78 is 0. The van der Waals surface area contributed by atoms with Crippen molar-refractivity contribution in [3.05, 3.63) is 39.9 Å². The summed E-state index contributed by atoms with van der Waals surface area (Å²) in [7, 11) is 0. The van der Waals surface area contributed by atoms with Gasteiger partial charge in [0.1, 0.15) is 0 Å². The SMILES string of the molecule is O=[N+]([O-])c1ccc(/C(=N\O)N2CCCCC2)cc1. The molecule has 1 N–H and O–H groups in total. The van der Waals surface area contributed by atoms with Crippen LogP contribution in [-0.4, -0.2) is 34.0 Å². The molecular weight excluding hydrogens is 234 g/mol. The highest BCUT2D eigenvalue weighted by Crippen LogP contribution is 2.17. The number of likely N-dealkylation sites (tertiary alicyclic amines) is 1. The highest BCUT2D eigenvalue weighted by molar-refractivity contribution is 5.98. The third-order valence-electron chi connectivity index (χ3n) is 3.09. The lowest BCUT2D eigenvalue weighted by Gasteiger charge is -2.28. The molecule has 1 aliphatic heterocycles. The van der Waals surface area contributed by atoms with E-state index in [1.807, 2.05) is 4.90 Å². The van der Waals surface area contributed by atoms with E-state index in [2.05, 4.69) is 5.16 Å². The summed E-state index contributed by atoms with van der Waals surface area (Å²) >= 11 is 0. The average Bonchev–Trinajstić information content (AvgIpc) is 2.41. The Bertz CT molecular complexity index is 450.